The van der Waals surface area contributed by atoms with Gasteiger partial charge in [0, 0.05) is 26.2 Å². The summed E-state index contributed by atoms with van der Waals surface area (Å²) >= 11 is 0. The van der Waals surface area contributed by atoms with E-state index in [4.69, 9.17) is 4.74 Å². The Balaban J connectivity index is 3.94. The third-order valence-electron chi connectivity index (χ3n) is 2.48. The molecule has 0 radical (unpaired) electrons. The number of ether oxygens (including phenoxy) is 1. The Kier molecular flexibility index (Phi) is 9.92. The van der Waals surface area contributed by atoms with Crippen molar-refractivity contribution in [2.75, 3.05) is 47.4 Å². The molecule has 2 N–H and O–H groups in total. The Morgan fingerprint density at radius 1 is 1.33 bits per heavy atom. The zero-order chi connectivity index (χ0) is 14.0. The van der Waals surface area contributed by atoms with Gasteiger partial charge in [0.25, 0.3) is 0 Å². The largest absolute Gasteiger partial charge is 0.383 e. The smallest absolute Gasteiger partial charge is 0.234 e. The Morgan fingerprint density at radius 3 is 2.50 bits per heavy atom. The molecule has 5 heteroatoms. The van der Waals surface area contributed by atoms with Crippen LogP contribution in [0.15, 0.2) is 0 Å². The Hall–Kier alpha value is -0.650. The third kappa shape index (κ3) is 10.5. The molecule has 108 valence electrons. The highest BCUT2D eigenvalue weighted by Gasteiger charge is 2.14. The number of carbonyl (C=O) groups is 1. The molecule has 0 fully saturated rings. The first kappa shape index (κ1) is 17.4. The second-order valence-electron chi connectivity index (χ2n) is 5.33. The van der Waals surface area contributed by atoms with Crippen LogP contribution in [0, 0.1) is 5.92 Å². The molecule has 0 rings (SSSR count). The Labute approximate surface area is 111 Å². The van der Waals surface area contributed by atoms with Crippen LogP contribution in [0.3, 0.4) is 0 Å². The quantitative estimate of drug-likeness (QED) is 0.555. The predicted molar refractivity (Wildman–Crippen MR) is 74.7 cm³/mol. The second-order valence-corrected chi connectivity index (χ2v) is 5.33. The maximum absolute atomic E-state index is 11.7. The molecular weight excluding hydrogens is 230 g/mol. The lowest BCUT2D eigenvalue weighted by molar-refractivity contribution is -0.121. The average Bonchev–Trinajstić information content (AvgIpc) is 2.22. The first-order valence-electron chi connectivity index (χ1n) is 6.59. The highest BCUT2D eigenvalue weighted by molar-refractivity contribution is 5.78. The van der Waals surface area contributed by atoms with Crippen LogP contribution in [-0.2, 0) is 9.53 Å². The predicted octanol–water partition coefficient (Wildman–Crippen LogP) is 0.315. The van der Waals surface area contributed by atoms with Crippen molar-refractivity contribution in [2.45, 2.75) is 26.3 Å². The van der Waals surface area contributed by atoms with E-state index in [0.29, 0.717) is 25.6 Å². The SMILES string of the molecule is COCCNCC(=O)NC(CC(C)C)CN(C)C. The van der Waals surface area contributed by atoms with E-state index in [0.717, 1.165) is 13.0 Å². The van der Waals surface area contributed by atoms with Gasteiger partial charge in [-0.1, -0.05) is 13.8 Å². The molecule has 0 aromatic carbocycles. The minimum Gasteiger partial charge on any atom is -0.383 e. The van der Waals surface area contributed by atoms with Crippen molar-refractivity contribution < 1.29 is 9.53 Å². The average molecular weight is 259 g/mol. The van der Waals surface area contributed by atoms with E-state index >= 15 is 0 Å². The van der Waals surface area contributed by atoms with Gasteiger partial charge in [-0.25, -0.2) is 0 Å². The van der Waals surface area contributed by atoms with Crippen LogP contribution >= 0.6 is 0 Å². The van der Waals surface area contributed by atoms with Gasteiger partial charge < -0.3 is 20.3 Å². The zero-order valence-electron chi connectivity index (χ0n) is 12.5. The molecular formula is C13H29N3O2. The summed E-state index contributed by atoms with van der Waals surface area (Å²) in [5.74, 6) is 0.635. The molecule has 0 aromatic rings. The molecule has 0 heterocycles. The number of methoxy groups -OCH3 is 1. The lowest BCUT2D eigenvalue weighted by Crippen LogP contribution is -2.46. The minimum atomic E-state index is 0.0543. The van der Waals surface area contributed by atoms with Crippen LogP contribution in [0.4, 0.5) is 0 Å². The van der Waals surface area contributed by atoms with Crippen LogP contribution in [0.1, 0.15) is 20.3 Å². The maximum Gasteiger partial charge on any atom is 0.234 e. The van der Waals surface area contributed by atoms with Crippen molar-refractivity contribution in [2.24, 2.45) is 5.92 Å². The fourth-order valence-electron chi connectivity index (χ4n) is 1.84. The number of nitrogens with zero attached hydrogens (tertiary/aromatic N) is 1. The first-order valence-corrected chi connectivity index (χ1v) is 6.59. The minimum absolute atomic E-state index is 0.0543. The van der Waals surface area contributed by atoms with Crippen LogP contribution in [0.5, 0.6) is 0 Å². The highest BCUT2D eigenvalue weighted by atomic mass is 16.5. The van der Waals surface area contributed by atoms with Crippen molar-refractivity contribution in [1.29, 1.82) is 0 Å². The molecule has 5 nitrogen and oxygen atoms in total. The summed E-state index contributed by atoms with van der Waals surface area (Å²) in [6.07, 6.45) is 1.00. The zero-order valence-corrected chi connectivity index (χ0v) is 12.5. The van der Waals surface area contributed by atoms with Gasteiger partial charge in [0.2, 0.25) is 5.91 Å². The van der Waals surface area contributed by atoms with Gasteiger partial charge in [-0.15, -0.1) is 0 Å². The maximum atomic E-state index is 11.7. The van der Waals surface area contributed by atoms with Crippen LogP contribution in [0.25, 0.3) is 0 Å². The molecule has 1 atom stereocenters. The molecule has 0 saturated heterocycles. The Morgan fingerprint density at radius 2 is 2.00 bits per heavy atom. The molecule has 0 aromatic heterocycles. The molecule has 18 heavy (non-hydrogen) atoms. The standard InChI is InChI=1S/C13H29N3O2/c1-11(2)8-12(10-16(3)4)15-13(17)9-14-6-7-18-5/h11-12,14H,6-10H2,1-5H3,(H,15,17). The summed E-state index contributed by atoms with van der Waals surface area (Å²) in [5, 5.41) is 6.12. The van der Waals surface area contributed by atoms with Crippen molar-refractivity contribution in [1.82, 2.24) is 15.5 Å². The number of rotatable bonds is 10. The molecule has 0 aliphatic carbocycles. The summed E-state index contributed by atoms with van der Waals surface area (Å²) in [7, 11) is 5.70. The highest BCUT2D eigenvalue weighted by Crippen LogP contribution is 2.05. The van der Waals surface area contributed by atoms with Gasteiger partial charge in [0.15, 0.2) is 0 Å². The molecule has 1 unspecified atom stereocenters. The van der Waals surface area contributed by atoms with Gasteiger partial charge in [0.05, 0.1) is 13.2 Å². The van der Waals surface area contributed by atoms with E-state index < -0.39 is 0 Å². The molecule has 1 amide bonds. The van der Waals surface area contributed by atoms with E-state index in [1.807, 2.05) is 14.1 Å². The van der Waals surface area contributed by atoms with Crippen LogP contribution in [-0.4, -0.2) is 64.3 Å². The van der Waals surface area contributed by atoms with E-state index in [2.05, 4.69) is 29.4 Å². The van der Waals surface area contributed by atoms with Crippen molar-refractivity contribution in [3.63, 3.8) is 0 Å². The second kappa shape index (κ2) is 10.3. The topological polar surface area (TPSA) is 53.6 Å². The summed E-state index contributed by atoms with van der Waals surface area (Å²) < 4.78 is 4.91. The number of likely N-dealkylation sites (N-methyl/N-ethyl adjacent to an activating group) is 1. The number of carbonyl (C=O) groups excluding carboxylic acids is 1. The van der Waals surface area contributed by atoms with E-state index in [9.17, 15) is 4.79 Å². The number of amides is 1. The van der Waals surface area contributed by atoms with Crippen molar-refractivity contribution >= 4 is 5.91 Å². The lowest BCUT2D eigenvalue weighted by Gasteiger charge is -2.24. The van der Waals surface area contributed by atoms with E-state index in [-0.39, 0.29) is 11.9 Å². The van der Waals surface area contributed by atoms with Gasteiger partial charge in [-0.05, 0) is 26.4 Å². The molecule has 0 bridgehead atoms. The van der Waals surface area contributed by atoms with E-state index in [1.165, 1.54) is 0 Å². The lowest BCUT2D eigenvalue weighted by atomic mass is 10.0. The van der Waals surface area contributed by atoms with Crippen LogP contribution < -0.4 is 10.6 Å². The summed E-state index contributed by atoms with van der Waals surface area (Å²) in [6, 6.07) is 0.219. The van der Waals surface area contributed by atoms with Crippen LogP contribution in [0.2, 0.25) is 0 Å². The summed E-state index contributed by atoms with van der Waals surface area (Å²) in [5.41, 5.74) is 0. The third-order valence-corrected chi connectivity index (χ3v) is 2.48. The number of hydrogen-bond acceptors (Lipinski definition) is 4. The van der Waals surface area contributed by atoms with E-state index in [1.54, 1.807) is 7.11 Å². The first-order chi connectivity index (χ1) is 8.45. The molecule has 0 saturated carbocycles. The van der Waals surface area contributed by atoms with Crippen molar-refractivity contribution in [3.05, 3.63) is 0 Å². The summed E-state index contributed by atoms with van der Waals surface area (Å²) in [6.45, 7) is 6.90. The Bertz CT molecular complexity index is 210. The molecule has 0 aliphatic heterocycles. The van der Waals surface area contributed by atoms with Gasteiger partial charge in [-0.2, -0.15) is 0 Å². The monoisotopic (exact) mass is 259 g/mol. The summed E-state index contributed by atoms with van der Waals surface area (Å²) in [4.78, 5) is 13.8. The van der Waals surface area contributed by atoms with Gasteiger partial charge in [0.1, 0.15) is 0 Å². The fourth-order valence-corrected chi connectivity index (χ4v) is 1.84. The van der Waals surface area contributed by atoms with Crippen molar-refractivity contribution in [3.8, 4) is 0 Å². The molecule has 0 aliphatic rings. The van der Waals surface area contributed by atoms with Gasteiger partial charge >= 0.3 is 0 Å². The number of nitrogens with one attached hydrogen (secondary N) is 2. The molecule has 0 spiro atoms. The normalized spacial score (nSPS) is 13.1. The van der Waals surface area contributed by atoms with Gasteiger partial charge in [-0.3, -0.25) is 4.79 Å². The number of hydrogen-bond donors (Lipinski definition) is 2. The fraction of sp³-hybridized carbons (Fsp3) is 0.923.